The van der Waals surface area contributed by atoms with E-state index in [0.29, 0.717) is 40.5 Å². The molecule has 0 atom stereocenters. The smallest absolute Gasteiger partial charge is 0.155 e. The number of aliphatic hydroxyl groups is 1. The van der Waals surface area contributed by atoms with E-state index < -0.39 is 6.69 Å². The Kier molecular flexibility index (Phi) is 21.7. The van der Waals surface area contributed by atoms with Crippen LogP contribution >= 0.6 is 70.4 Å². The highest BCUT2D eigenvalue weighted by Gasteiger charge is 2.05. The van der Waals surface area contributed by atoms with Crippen LogP contribution in [0.1, 0.15) is 20.8 Å². The minimum atomic E-state index is -0.799. The highest BCUT2D eigenvalue weighted by atomic mass is 79.9. The number of aromatic nitrogens is 6. The largest absolute Gasteiger partial charge is 0.479 e. The average molecular weight is 976 g/mol. The lowest BCUT2D eigenvalue weighted by Crippen LogP contribution is -2.05. The van der Waals surface area contributed by atoms with Crippen LogP contribution in [0.3, 0.4) is 0 Å². The summed E-state index contributed by atoms with van der Waals surface area (Å²) in [5.74, 6) is 17.5. The maximum atomic E-state index is 7.89. The molecule has 15 heteroatoms. The van der Waals surface area contributed by atoms with Crippen LogP contribution in [0.4, 0.5) is 0 Å². The topological polar surface area (TPSA) is 116 Å². The van der Waals surface area contributed by atoms with Crippen molar-refractivity contribution in [2.45, 2.75) is 40.4 Å². The fourth-order valence-corrected chi connectivity index (χ4v) is 4.86. The van der Waals surface area contributed by atoms with Crippen molar-refractivity contribution in [3.05, 3.63) is 93.0 Å². The minimum Gasteiger partial charge on any atom is -0.479 e. The Morgan fingerprint density at radius 2 is 1.04 bits per heavy atom. The number of ether oxygens (including phenoxy) is 2. The summed E-state index contributed by atoms with van der Waals surface area (Å²) in [5, 5.41) is 11.6. The zero-order valence-electron chi connectivity index (χ0n) is 30.4. The number of hydrogen-bond donors (Lipinski definition) is 1. The summed E-state index contributed by atoms with van der Waals surface area (Å²) in [7, 11) is 0. The van der Waals surface area contributed by atoms with Crippen LogP contribution in [-0.2, 0) is 0 Å². The van der Waals surface area contributed by atoms with Gasteiger partial charge in [0.25, 0.3) is 0 Å². The van der Waals surface area contributed by atoms with Crippen LogP contribution in [0, 0.1) is 35.5 Å². The third-order valence-electron chi connectivity index (χ3n) is 5.81. The number of rotatable bonds is 4. The first kappa shape index (κ1) is 46.3. The molecule has 0 saturated carbocycles. The second kappa shape index (κ2) is 25.3. The van der Waals surface area contributed by atoms with Crippen molar-refractivity contribution in [3.8, 4) is 47.0 Å². The molecule has 280 valence electrons. The molecule has 6 aromatic rings. The number of pyridine rings is 6. The van der Waals surface area contributed by atoms with Crippen LogP contribution < -0.4 is 9.47 Å². The molecular formula is C39H37Br3Cl2N6O3Si. The van der Waals surface area contributed by atoms with Gasteiger partial charge in [-0.3, -0.25) is 4.98 Å². The number of fused-ring (bicyclic) bond motifs is 3. The Labute approximate surface area is 351 Å². The molecule has 1 N–H and O–H groups in total. The first-order valence-electron chi connectivity index (χ1n) is 15.9. The quantitative estimate of drug-likeness (QED) is 0.0798. The number of halogens is 5. The van der Waals surface area contributed by atoms with Gasteiger partial charge in [0.2, 0.25) is 0 Å². The van der Waals surface area contributed by atoms with Gasteiger partial charge in [0.05, 0.1) is 12.4 Å². The van der Waals surface area contributed by atoms with Gasteiger partial charge >= 0.3 is 0 Å². The zero-order chi connectivity index (χ0) is 39.9. The summed E-state index contributed by atoms with van der Waals surface area (Å²) in [4.78, 5) is 24.6. The van der Waals surface area contributed by atoms with Gasteiger partial charge in [-0.1, -0.05) is 60.6 Å². The van der Waals surface area contributed by atoms with E-state index in [1.54, 1.807) is 58.0 Å². The molecule has 0 aliphatic carbocycles. The summed E-state index contributed by atoms with van der Waals surface area (Å²) < 4.78 is 12.5. The second-order valence-corrected chi connectivity index (χ2v) is 24.8. The van der Waals surface area contributed by atoms with Gasteiger partial charge in [-0.05, 0) is 89.0 Å². The predicted molar refractivity (Wildman–Crippen MR) is 235 cm³/mol. The monoisotopic (exact) mass is 972 g/mol. The Hall–Kier alpha value is -3.84. The van der Waals surface area contributed by atoms with Crippen molar-refractivity contribution in [2.24, 2.45) is 0 Å². The van der Waals surface area contributed by atoms with Crippen molar-refractivity contribution in [3.63, 3.8) is 0 Å². The number of hydrogen-bond acceptors (Lipinski definition) is 9. The van der Waals surface area contributed by atoms with Gasteiger partial charge in [0.1, 0.15) is 59.2 Å². The molecule has 0 unspecified atom stereocenters. The van der Waals surface area contributed by atoms with Gasteiger partial charge in [0, 0.05) is 45.4 Å². The average Bonchev–Trinajstić information content (AvgIpc) is 3.13. The molecule has 6 aromatic heterocycles. The van der Waals surface area contributed by atoms with Gasteiger partial charge in [-0.2, -0.15) is 0 Å². The first-order valence-corrected chi connectivity index (χ1v) is 24.0. The van der Waals surface area contributed by atoms with Crippen molar-refractivity contribution in [2.75, 3.05) is 19.8 Å². The van der Waals surface area contributed by atoms with Crippen LogP contribution in [0.15, 0.2) is 82.7 Å². The summed E-state index contributed by atoms with van der Waals surface area (Å²) in [6.07, 6.45) is 10.0. The van der Waals surface area contributed by atoms with Crippen LogP contribution in [0.5, 0.6) is 11.5 Å². The fourth-order valence-electron chi connectivity index (χ4n) is 3.63. The van der Waals surface area contributed by atoms with Gasteiger partial charge < -0.3 is 14.6 Å². The van der Waals surface area contributed by atoms with E-state index in [1.165, 1.54) is 0 Å². The Morgan fingerprint density at radius 1 is 0.630 bits per heavy atom. The fraction of sp³-hybridized carbons (Fsp3) is 0.231. The predicted octanol–water partition coefficient (Wildman–Crippen LogP) is 10.7. The molecule has 0 saturated heterocycles. The van der Waals surface area contributed by atoms with Crippen LogP contribution in [-0.4, -0.2) is 61.5 Å². The van der Waals surface area contributed by atoms with Crippen molar-refractivity contribution >= 4 is 110 Å². The van der Waals surface area contributed by atoms with Gasteiger partial charge in [0.15, 0.2) is 10.3 Å². The van der Waals surface area contributed by atoms with Crippen LogP contribution in [0.2, 0.25) is 29.9 Å². The van der Waals surface area contributed by atoms with Gasteiger partial charge in [-0.15, -0.1) is 33.1 Å². The molecule has 9 nitrogen and oxygen atoms in total. The van der Waals surface area contributed by atoms with E-state index in [9.17, 15) is 0 Å². The molecule has 0 spiro atoms. The third-order valence-corrected chi connectivity index (χ3v) is 7.38. The summed E-state index contributed by atoms with van der Waals surface area (Å²) in [6, 6.07) is 11.4. The molecule has 0 aliphatic heterocycles. The van der Waals surface area contributed by atoms with Crippen LogP contribution in [0.25, 0.3) is 32.7 Å². The molecule has 6 rings (SSSR count). The molecule has 6 heterocycles. The van der Waals surface area contributed by atoms with E-state index >= 15 is 0 Å². The third kappa shape index (κ3) is 18.0. The minimum absolute atomic E-state index is 0.0174. The van der Waals surface area contributed by atoms with Gasteiger partial charge in [-0.25, -0.2) is 24.9 Å². The lowest BCUT2D eigenvalue weighted by atomic mass is 10.2. The zero-order valence-corrected chi connectivity index (χ0v) is 37.7. The molecular weight excluding hydrogens is 939 g/mol. The van der Waals surface area contributed by atoms with E-state index in [1.807, 2.05) is 36.4 Å². The maximum Gasteiger partial charge on any atom is 0.155 e. The SMILES string of the molecule is CC#CCO.CC#CCOc1cnc2c(Br)nccc2c1.CC#CCOc1cnc2c(Cl)nccc2c1.C[Si](C)(C)Br.Clc1nccc2cc(Br)cnc12. The number of aliphatic hydroxyl groups excluding tert-OH is 1. The standard InChI is InChI=1S/C12H9BrN2O.C12H9ClN2O.C8H4BrClN2.C4H6O.C3H9BrSi/c2*1-2-3-6-16-10-7-9-4-5-14-12(13)11(9)15-8-10;9-6-3-5-1-2-11-8(10)7(5)12-4-6;1-2-3-4-5;1-5(2,3)4/h2*4-5,7-8H,6H2,1H3;1-4H;5H,4H2,1H3;1-3H3. The lowest BCUT2D eigenvalue weighted by Gasteiger charge is -2.03. The van der Waals surface area contributed by atoms with Crippen molar-refractivity contribution in [1.29, 1.82) is 0 Å². The summed E-state index contributed by atoms with van der Waals surface area (Å²) in [6.45, 7) is 11.9. The molecule has 54 heavy (non-hydrogen) atoms. The molecule has 0 radical (unpaired) electrons. The van der Waals surface area contributed by atoms with E-state index in [-0.39, 0.29) is 6.61 Å². The van der Waals surface area contributed by atoms with Crippen molar-refractivity contribution in [1.82, 2.24) is 29.9 Å². The maximum absolute atomic E-state index is 7.89. The molecule has 0 amide bonds. The first-order chi connectivity index (χ1) is 25.8. The highest BCUT2D eigenvalue weighted by molar-refractivity contribution is 9.26. The second-order valence-electron chi connectivity index (χ2n) is 11.1. The highest BCUT2D eigenvalue weighted by Crippen LogP contribution is 2.24. The van der Waals surface area contributed by atoms with E-state index in [0.717, 1.165) is 36.3 Å². The Bertz CT molecular complexity index is 2200. The Balaban J connectivity index is 0.000000251. The van der Waals surface area contributed by atoms with E-state index in [2.05, 4.69) is 132 Å². The van der Waals surface area contributed by atoms with Crippen molar-refractivity contribution < 1.29 is 14.6 Å². The molecule has 0 fully saturated rings. The molecule has 0 aliphatic rings. The summed E-state index contributed by atoms with van der Waals surface area (Å²) >= 11 is 21.9. The normalized spacial score (nSPS) is 9.63. The Morgan fingerprint density at radius 3 is 1.48 bits per heavy atom. The van der Waals surface area contributed by atoms with E-state index in [4.69, 9.17) is 37.8 Å². The molecule has 0 aromatic carbocycles. The molecule has 0 bridgehead atoms. The lowest BCUT2D eigenvalue weighted by molar-refractivity contribution is 0.350. The number of nitrogens with zero attached hydrogens (tertiary/aromatic N) is 6. The summed E-state index contributed by atoms with van der Waals surface area (Å²) in [5.41, 5.74) is 2.25.